The van der Waals surface area contributed by atoms with Gasteiger partial charge in [-0.05, 0) is 31.2 Å². The lowest BCUT2D eigenvalue weighted by atomic mass is 10.3. The van der Waals surface area contributed by atoms with Gasteiger partial charge < -0.3 is 14.6 Å². The van der Waals surface area contributed by atoms with Crippen molar-refractivity contribution in [3.05, 3.63) is 54.1 Å². The maximum atomic E-state index is 12.7. The summed E-state index contributed by atoms with van der Waals surface area (Å²) in [5.74, 6) is 0.753. The Balaban J connectivity index is 1.44. The molecule has 4 heterocycles. The molecule has 6 nitrogen and oxygen atoms in total. The summed E-state index contributed by atoms with van der Waals surface area (Å²) in [4.78, 5) is 26.1. The zero-order chi connectivity index (χ0) is 16.5. The molecule has 24 heavy (non-hydrogen) atoms. The fraction of sp³-hybridized carbons (Fsp3) is 0.278. The summed E-state index contributed by atoms with van der Waals surface area (Å²) in [6.45, 7) is 3.19. The molecule has 1 unspecified atom stereocenters. The molecule has 1 amide bonds. The maximum Gasteiger partial charge on any atom is 0.272 e. The summed E-state index contributed by atoms with van der Waals surface area (Å²) in [5, 5.41) is 0. The smallest absolute Gasteiger partial charge is 0.272 e. The molecule has 0 aliphatic carbocycles. The first-order valence-electron chi connectivity index (χ1n) is 8.02. The summed E-state index contributed by atoms with van der Waals surface area (Å²) in [5.41, 5.74) is 3.13. The van der Waals surface area contributed by atoms with Crippen molar-refractivity contribution in [3.63, 3.8) is 0 Å². The van der Waals surface area contributed by atoms with E-state index in [1.54, 1.807) is 17.2 Å². The Morgan fingerprint density at radius 1 is 1.33 bits per heavy atom. The van der Waals surface area contributed by atoms with Crippen molar-refractivity contribution in [1.29, 1.82) is 0 Å². The summed E-state index contributed by atoms with van der Waals surface area (Å²) in [6, 6.07) is 9.28. The molecule has 122 valence electrons. The Labute approximate surface area is 139 Å². The number of aromatic nitrogens is 3. The standard InChI is InChI=1S/C18H18N4O2/c1-12-10-13(4-7-19-12)24-14-6-9-22(11-14)18(23)17-3-2-15-16(21-17)5-8-20-15/h2-5,7-8,10,14,20H,6,9,11H2,1H3. The maximum absolute atomic E-state index is 12.7. The third-order valence-electron chi connectivity index (χ3n) is 4.23. The second-order valence-electron chi connectivity index (χ2n) is 6.02. The quantitative estimate of drug-likeness (QED) is 0.804. The highest BCUT2D eigenvalue weighted by Crippen LogP contribution is 2.20. The molecule has 0 saturated carbocycles. The van der Waals surface area contributed by atoms with Crippen LogP contribution in [0.1, 0.15) is 22.6 Å². The minimum Gasteiger partial charge on any atom is -0.488 e. The van der Waals surface area contributed by atoms with E-state index in [-0.39, 0.29) is 12.0 Å². The van der Waals surface area contributed by atoms with Gasteiger partial charge in [-0.2, -0.15) is 0 Å². The van der Waals surface area contributed by atoms with Crippen molar-refractivity contribution < 1.29 is 9.53 Å². The van der Waals surface area contributed by atoms with Crippen molar-refractivity contribution in [1.82, 2.24) is 19.9 Å². The second kappa shape index (κ2) is 5.96. The molecule has 1 atom stereocenters. The van der Waals surface area contributed by atoms with Crippen molar-refractivity contribution in [3.8, 4) is 5.75 Å². The fourth-order valence-corrected chi connectivity index (χ4v) is 3.01. The number of hydrogen-bond donors (Lipinski definition) is 1. The van der Waals surface area contributed by atoms with Gasteiger partial charge >= 0.3 is 0 Å². The topological polar surface area (TPSA) is 71.1 Å². The van der Waals surface area contributed by atoms with E-state index in [1.807, 2.05) is 37.4 Å². The first kappa shape index (κ1) is 14.7. The van der Waals surface area contributed by atoms with E-state index in [4.69, 9.17) is 4.74 Å². The third kappa shape index (κ3) is 2.82. The van der Waals surface area contributed by atoms with Gasteiger partial charge in [0.15, 0.2) is 0 Å². The lowest BCUT2D eigenvalue weighted by Crippen LogP contribution is -2.31. The average Bonchev–Trinajstić information content (AvgIpc) is 3.22. The molecule has 6 heteroatoms. The molecule has 3 aromatic heterocycles. The van der Waals surface area contributed by atoms with Crippen LogP contribution in [0.2, 0.25) is 0 Å². The van der Waals surface area contributed by atoms with Crippen molar-refractivity contribution in [2.24, 2.45) is 0 Å². The molecule has 1 N–H and O–H groups in total. The Kier molecular flexibility index (Phi) is 3.65. The van der Waals surface area contributed by atoms with Crippen LogP contribution in [0.5, 0.6) is 5.75 Å². The van der Waals surface area contributed by atoms with Crippen LogP contribution < -0.4 is 4.74 Å². The first-order chi connectivity index (χ1) is 11.7. The average molecular weight is 322 g/mol. The van der Waals surface area contributed by atoms with E-state index < -0.39 is 0 Å². The Morgan fingerprint density at radius 2 is 2.25 bits per heavy atom. The predicted molar refractivity (Wildman–Crippen MR) is 90.0 cm³/mol. The number of ether oxygens (including phenoxy) is 1. The number of aromatic amines is 1. The molecule has 0 spiro atoms. The molecule has 0 bridgehead atoms. The molecule has 1 fully saturated rings. The van der Waals surface area contributed by atoms with Gasteiger partial charge in [0.1, 0.15) is 17.5 Å². The van der Waals surface area contributed by atoms with Crippen molar-refractivity contribution in [2.75, 3.05) is 13.1 Å². The zero-order valence-electron chi connectivity index (χ0n) is 13.4. The number of pyridine rings is 2. The third-order valence-corrected chi connectivity index (χ3v) is 4.23. The highest BCUT2D eigenvalue weighted by atomic mass is 16.5. The summed E-state index contributed by atoms with van der Waals surface area (Å²) in [7, 11) is 0. The van der Waals surface area contributed by atoms with E-state index in [1.165, 1.54) is 0 Å². The van der Waals surface area contributed by atoms with Gasteiger partial charge in [0.05, 0.1) is 17.6 Å². The van der Waals surface area contributed by atoms with Gasteiger partial charge in [0.2, 0.25) is 0 Å². The van der Waals surface area contributed by atoms with Crippen molar-refractivity contribution in [2.45, 2.75) is 19.4 Å². The molecule has 1 saturated heterocycles. The van der Waals surface area contributed by atoms with Crippen LogP contribution in [-0.2, 0) is 0 Å². The van der Waals surface area contributed by atoms with Gasteiger partial charge in [-0.1, -0.05) is 0 Å². The SMILES string of the molecule is Cc1cc(OC2CCN(C(=O)c3ccc4[nH]ccc4n3)C2)ccn1. The Hall–Kier alpha value is -2.89. The van der Waals surface area contributed by atoms with Crippen LogP contribution in [0.15, 0.2) is 42.7 Å². The van der Waals surface area contributed by atoms with Crippen LogP contribution in [0.25, 0.3) is 11.0 Å². The number of H-pyrrole nitrogens is 1. The highest BCUT2D eigenvalue weighted by molar-refractivity contribution is 5.94. The fourth-order valence-electron chi connectivity index (χ4n) is 3.01. The molecule has 3 aromatic rings. The number of fused-ring (bicyclic) bond motifs is 1. The van der Waals surface area contributed by atoms with Gasteiger partial charge in [0.25, 0.3) is 5.91 Å². The molecular formula is C18H18N4O2. The highest BCUT2D eigenvalue weighted by Gasteiger charge is 2.29. The Bertz CT molecular complexity index is 889. The van der Waals surface area contributed by atoms with E-state index in [9.17, 15) is 4.79 Å². The summed E-state index contributed by atoms with van der Waals surface area (Å²) >= 11 is 0. The van der Waals surface area contributed by atoms with Gasteiger partial charge in [-0.25, -0.2) is 4.98 Å². The number of likely N-dealkylation sites (tertiary alicyclic amines) is 1. The largest absolute Gasteiger partial charge is 0.488 e. The van der Waals surface area contributed by atoms with Crippen molar-refractivity contribution >= 4 is 16.9 Å². The number of nitrogens with zero attached hydrogens (tertiary/aromatic N) is 3. The molecule has 1 aliphatic heterocycles. The van der Waals surface area contributed by atoms with Gasteiger partial charge in [0, 0.05) is 37.1 Å². The number of amides is 1. The first-order valence-corrected chi connectivity index (χ1v) is 8.02. The lowest BCUT2D eigenvalue weighted by Gasteiger charge is -2.17. The van der Waals surface area contributed by atoms with Crippen LogP contribution in [0.4, 0.5) is 0 Å². The van der Waals surface area contributed by atoms with Crippen LogP contribution in [0.3, 0.4) is 0 Å². The number of carbonyl (C=O) groups is 1. The molecule has 0 radical (unpaired) electrons. The predicted octanol–water partition coefficient (Wildman–Crippen LogP) is 2.56. The molecule has 1 aliphatic rings. The molecular weight excluding hydrogens is 304 g/mol. The zero-order valence-corrected chi connectivity index (χ0v) is 13.4. The number of carbonyl (C=O) groups excluding carboxylic acids is 1. The minimum atomic E-state index is -0.0462. The Morgan fingerprint density at radius 3 is 3.12 bits per heavy atom. The number of rotatable bonds is 3. The van der Waals surface area contributed by atoms with E-state index >= 15 is 0 Å². The number of hydrogen-bond acceptors (Lipinski definition) is 4. The normalized spacial score (nSPS) is 17.4. The van der Waals surface area contributed by atoms with E-state index in [2.05, 4.69) is 15.0 Å². The number of nitrogens with one attached hydrogen (secondary N) is 1. The van der Waals surface area contributed by atoms with Crippen LogP contribution in [-0.4, -0.2) is 45.0 Å². The number of aryl methyl sites for hydroxylation is 1. The van der Waals surface area contributed by atoms with E-state index in [0.29, 0.717) is 18.8 Å². The lowest BCUT2D eigenvalue weighted by molar-refractivity contribution is 0.0767. The van der Waals surface area contributed by atoms with Gasteiger partial charge in [-0.15, -0.1) is 0 Å². The van der Waals surface area contributed by atoms with Crippen LogP contribution >= 0.6 is 0 Å². The molecule has 0 aromatic carbocycles. The molecule has 4 rings (SSSR count). The summed E-state index contributed by atoms with van der Waals surface area (Å²) < 4.78 is 5.97. The van der Waals surface area contributed by atoms with E-state index in [0.717, 1.165) is 28.9 Å². The summed E-state index contributed by atoms with van der Waals surface area (Å²) in [6.07, 6.45) is 4.38. The van der Waals surface area contributed by atoms with Gasteiger partial charge in [-0.3, -0.25) is 9.78 Å². The van der Waals surface area contributed by atoms with Crippen LogP contribution in [0, 0.1) is 6.92 Å². The minimum absolute atomic E-state index is 0.00624. The monoisotopic (exact) mass is 322 g/mol. The second-order valence-corrected chi connectivity index (χ2v) is 6.02.